The van der Waals surface area contributed by atoms with Crippen molar-refractivity contribution in [3.8, 4) is 0 Å². The molecule has 0 saturated heterocycles. The zero-order valence-corrected chi connectivity index (χ0v) is 12.5. The lowest BCUT2D eigenvalue weighted by Crippen LogP contribution is -2.30. The molecular formula is C14H20N2O3S. The zero-order chi connectivity index (χ0) is 15.0. The zero-order valence-electron chi connectivity index (χ0n) is 11.7. The third-order valence-electron chi connectivity index (χ3n) is 4.00. The van der Waals surface area contributed by atoms with E-state index < -0.39 is 10.0 Å². The number of carbonyl (C=O) groups excluding carboxylic acids is 1. The third-order valence-corrected chi connectivity index (χ3v) is 4.91. The molecule has 6 heteroatoms. The van der Waals surface area contributed by atoms with E-state index in [2.05, 4.69) is 19.2 Å². The number of rotatable bonds is 3. The van der Waals surface area contributed by atoms with Crippen LogP contribution in [-0.4, -0.2) is 14.3 Å². The highest BCUT2D eigenvalue weighted by atomic mass is 32.2. The summed E-state index contributed by atoms with van der Waals surface area (Å²) in [5.41, 5.74) is 0.450. The molecule has 0 radical (unpaired) electrons. The van der Waals surface area contributed by atoms with Gasteiger partial charge >= 0.3 is 0 Å². The van der Waals surface area contributed by atoms with E-state index in [1.165, 1.54) is 12.1 Å². The second-order valence-corrected chi connectivity index (χ2v) is 7.56. The molecule has 5 nitrogen and oxygen atoms in total. The maximum atomic E-state index is 12.3. The Labute approximate surface area is 119 Å². The van der Waals surface area contributed by atoms with Crippen LogP contribution in [0.1, 0.15) is 33.1 Å². The van der Waals surface area contributed by atoms with E-state index in [-0.39, 0.29) is 22.1 Å². The van der Waals surface area contributed by atoms with Gasteiger partial charge in [0.2, 0.25) is 15.9 Å². The second kappa shape index (κ2) is 5.18. The number of sulfonamides is 1. The number of anilines is 1. The van der Waals surface area contributed by atoms with Crippen molar-refractivity contribution < 1.29 is 13.2 Å². The maximum Gasteiger partial charge on any atom is 0.238 e. The van der Waals surface area contributed by atoms with Crippen LogP contribution in [0.2, 0.25) is 0 Å². The van der Waals surface area contributed by atoms with Gasteiger partial charge in [-0.1, -0.05) is 26.3 Å². The minimum Gasteiger partial charge on any atom is -0.326 e. The highest BCUT2D eigenvalue weighted by Gasteiger charge is 2.39. The van der Waals surface area contributed by atoms with E-state index in [9.17, 15) is 13.2 Å². The fourth-order valence-electron chi connectivity index (χ4n) is 2.79. The Balaban J connectivity index is 2.17. The van der Waals surface area contributed by atoms with Crippen molar-refractivity contribution in [3.63, 3.8) is 0 Å². The Morgan fingerprint density at radius 1 is 1.40 bits per heavy atom. The lowest BCUT2D eigenvalue weighted by Gasteiger charge is -2.25. The lowest BCUT2D eigenvalue weighted by atomic mass is 9.81. The first kappa shape index (κ1) is 15.0. The van der Waals surface area contributed by atoms with Gasteiger partial charge in [0, 0.05) is 11.6 Å². The molecule has 1 aliphatic carbocycles. The second-order valence-electron chi connectivity index (χ2n) is 6.00. The summed E-state index contributed by atoms with van der Waals surface area (Å²) >= 11 is 0. The van der Waals surface area contributed by atoms with E-state index in [1.54, 1.807) is 12.1 Å². The van der Waals surface area contributed by atoms with Crippen LogP contribution in [0.5, 0.6) is 0 Å². The Hall–Kier alpha value is -1.40. The first-order valence-corrected chi connectivity index (χ1v) is 8.18. The number of nitrogens with two attached hydrogens (primary N) is 1. The fraction of sp³-hybridized carbons (Fsp3) is 0.500. The highest BCUT2D eigenvalue weighted by molar-refractivity contribution is 7.89. The normalized spacial score (nSPS) is 21.6. The van der Waals surface area contributed by atoms with Crippen LogP contribution in [0.25, 0.3) is 0 Å². The number of hydrogen-bond donors (Lipinski definition) is 2. The summed E-state index contributed by atoms with van der Waals surface area (Å²) in [4.78, 5) is 12.3. The van der Waals surface area contributed by atoms with Crippen LogP contribution in [0.15, 0.2) is 29.2 Å². The van der Waals surface area contributed by atoms with Gasteiger partial charge in [-0.2, -0.15) is 0 Å². The van der Waals surface area contributed by atoms with Gasteiger partial charge in [-0.25, -0.2) is 13.6 Å². The molecule has 0 bridgehead atoms. The number of benzene rings is 1. The third kappa shape index (κ3) is 3.19. The summed E-state index contributed by atoms with van der Waals surface area (Å²) in [5, 5.41) is 7.87. The van der Waals surface area contributed by atoms with Gasteiger partial charge in [-0.05, 0) is 36.5 Å². The Kier molecular flexibility index (Phi) is 3.88. The molecule has 1 amide bonds. The largest absolute Gasteiger partial charge is 0.326 e. The molecule has 20 heavy (non-hydrogen) atoms. The van der Waals surface area contributed by atoms with Gasteiger partial charge in [-0.15, -0.1) is 0 Å². The van der Waals surface area contributed by atoms with Crippen molar-refractivity contribution in [3.05, 3.63) is 24.3 Å². The summed E-state index contributed by atoms with van der Waals surface area (Å²) in [6.45, 7) is 4.18. The molecule has 3 N–H and O–H groups in total. The fourth-order valence-corrected chi connectivity index (χ4v) is 3.35. The van der Waals surface area contributed by atoms with Crippen molar-refractivity contribution in [1.82, 2.24) is 0 Å². The van der Waals surface area contributed by atoms with Gasteiger partial charge < -0.3 is 5.32 Å². The number of hydrogen-bond acceptors (Lipinski definition) is 3. The Morgan fingerprint density at radius 3 is 2.65 bits per heavy atom. The first-order valence-electron chi connectivity index (χ1n) is 6.64. The maximum absolute atomic E-state index is 12.3. The van der Waals surface area contributed by atoms with Crippen LogP contribution >= 0.6 is 0 Å². The Morgan fingerprint density at radius 2 is 2.10 bits per heavy atom. The van der Waals surface area contributed by atoms with Crippen molar-refractivity contribution >= 4 is 21.6 Å². The van der Waals surface area contributed by atoms with Crippen LogP contribution in [-0.2, 0) is 14.8 Å². The number of carbonyl (C=O) groups is 1. The molecule has 1 aliphatic rings. The van der Waals surface area contributed by atoms with Crippen molar-refractivity contribution in [2.24, 2.45) is 16.5 Å². The minimum atomic E-state index is -3.75. The van der Waals surface area contributed by atoms with E-state index >= 15 is 0 Å². The first-order chi connectivity index (χ1) is 9.20. The topological polar surface area (TPSA) is 89.3 Å². The van der Waals surface area contributed by atoms with Crippen LogP contribution in [0.3, 0.4) is 0 Å². The smallest absolute Gasteiger partial charge is 0.238 e. The summed E-state index contributed by atoms with van der Waals surface area (Å²) in [6, 6.07) is 6.02. The van der Waals surface area contributed by atoms with Crippen molar-refractivity contribution in [1.29, 1.82) is 0 Å². The van der Waals surface area contributed by atoms with Crippen molar-refractivity contribution in [2.45, 2.75) is 38.0 Å². The summed E-state index contributed by atoms with van der Waals surface area (Å²) in [5.74, 6) is -0.0975. The summed E-state index contributed by atoms with van der Waals surface area (Å²) < 4.78 is 22.6. The lowest BCUT2D eigenvalue weighted by molar-refractivity contribution is -0.122. The molecule has 1 aromatic carbocycles. The van der Waals surface area contributed by atoms with Crippen LogP contribution in [0, 0.1) is 11.3 Å². The molecular weight excluding hydrogens is 276 g/mol. The van der Waals surface area contributed by atoms with Crippen LogP contribution in [0.4, 0.5) is 5.69 Å². The standard InChI is InChI=1S/C14H20N2O3S/c1-14(2)8-4-7-12(14)13(17)16-10-5-3-6-11(9-10)20(15,18)19/h3,5-6,9,12H,4,7-8H2,1-2H3,(H,16,17)(H2,15,18,19). The number of primary sulfonamides is 1. The van der Waals surface area contributed by atoms with E-state index in [0.29, 0.717) is 5.69 Å². The molecule has 0 heterocycles. The van der Waals surface area contributed by atoms with Crippen molar-refractivity contribution in [2.75, 3.05) is 5.32 Å². The van der Waals surface area contributed by atoms with Crippen LogP contribution < -0.4 is 10.5 Å². The summed E-state index contributed by atoms with van der Waals surface area (Å²) in [6.07, 6.45) is 2.94. The quantitative estimate of drug-likeness (QED) is 0.895. The molecule has 1 atom stereocenters. The predicted molar refractivity (Wildman–Crippen MR) is 77.6 cm³/mol. The van der Waals surface area contributed by atoms with E-state index in [1.807, 2.05) is 0 Å². The van der Waals surface area contributed by atoms with E-state index in [4.69, 9.17) is 5.14 Å². The van der Waals surface area contributed by atoms with E-state index in [0.717, 1.165) is 19.3 Å². The minimum absolute atomic E-state index is 0.000909. The molecule has 0 spiro atoms. The van der Waals surface area contributed by atoms with Gasteiger partial charge in [0.1, 0.15) is 0 Å². The summed E-state index contributed by atoms with van der Waals surface area (Å²) in [7, 11) is -3.75. The highest BCUT2D eigenvalue weighted by Crippen LogP contribution is 2.43. The molecule has 110 valence electrons. The molecule has 1 aromatic rings. The monoisotopic (exact) mass is 296 g/mol. The molecule has 1 saturated carbocycles. The average molecular weight is 296 g/mol. The van der Waals surface area contributed by atoms with Gasteiger partial charge in [0.05, 0.1) is 4.90 Å². The molecule has 1 unspecified atom stereocenters. The molecule has 0 aliphatic heterocycles. The average Bonchev–Trinajstić information content (AvgIpc) is 2.68. The molecule has 1 fully saturated rings. The number of amides is 1. The van der Waals surface area contributed by atoms with Gasteiger partial charge in [0.25, 0.3) is 0 Å². The predicted octanol–water partition coefficient (Wildman–Crippen LogP) is 2.10. The Bertz CT molecular complexity index is 623. The number of nitrogens with one attached hydrogen (secondary N) is 1. The van der Waals surface area contributed by atoms with Gasteiger partial charge in [0.15, 0.2) is 0 Å². The molecule has 0 aromatic heterocycles. The van der Waals surface area contributed by atoms with Gasteiger partial charge in [-0.3, -0.25) is 4.79 Å². The molecule has 2 rings (SSSR count). The SMILES string of the molecule is CC1(C)CCCC1C(=O)Nc1cccc(S(N)(=O)=O)c1.